The summed E-state index contributed by atoms with van der Waals surface area (Å²) in [5.41, 5.74) is 0.457. The highest BCUT2D eigenvalue weighted by atomic mass is 32.2. The third kappa shape index (κ3) is 4.12. The summed E-state index contributed by atoms with van der Waals surface area (Å²) in [6, 6.07) is 6.46. The lowest BCUT2D eigenvalue weighted by Crippen LogP contribution is -2.48. The number of amides is 2. The molecule has 0 radical (unpaired) electrons. The van der Waals surface area contributed by atoms with Crippen LogP contribution >= 0.6 is 0 Å². The van der Waals surface area contributed by atoms with Crippen LogP contribution in [0.15, 0.2) is 29.2 Å². The first-order valence-corrected chi connectivity index (χ1v) is 12.4. The average Bonchev–Trinajstić information content (AvgIpc) is 3.08. The largest absolute Gasteiger partial charge is 0.274 e. The molecular formula is C22H30N2O4S. The average molecular weight is 419 g/mol. The zero-order valence-corrected chi connectivity index (χ0v) is 17.7. The monoisotopic (exact) mass is 418 g/mol. The van der Waals surface area contributed by atoms with E-state index in [2.05, 4.69) is 0 Å². The van der Waals surface area contributed by atoms with Gasteiger partial charge in [-0.1, -0.05) is 38.5 Å². The van der Waals surface area contributed by atoms with Gasteiger partial charge in [0.25, 0.3) is 0 Å². The maximum atomic E-state index is 13.7. The zero-order chi connectivity index (χ0) is 20.4. The lowest BCUT2D eigenvalue weighted by molar-refractivity contribution is -0.121. The van der Waals surface area contributed by atoms with E-state index in [1.165, 1.54) is 12.8 Å². The molecule has 2 amide bonds. The molecule has 158 valence electrons. The molecule has 0 aromatic heterocycles. The second-order valence-electron chi connectivity index (χ2n) is 8.54. The lowest BCUT2D eigenvalue weighted by Gasteiger charge is -2.40. The van der Waals surface area contributed by atoms with Crippen LogP contribution in [0, 0.1) is 0 Å². The molecule has 1 heterocycles. The van der Waals surface area contributed by atoms with E-state index in [4.69, 9.17) is 0 Å². The van der Waals surface area contributed by atoms with Crippen LogP contribution in [0.2, 0.25) is 0 Å². The summed E-state index contributed by atoms with van der Waals surface area (Å²) in [6.07, 6.45) is 10.9. The number of carbonyl (C=O) groups is 2. The molecule has 7 heteroatoms. The Hall–Kier alpha value is -1.73. The molecule has 1 aliphatic heterocycles. The summed E-state index contributed by atoms with van der Waals surface area (Å²) >= 11 is 0. The van der Waals surface area contributed by atoms with E-state index in [1.807, 2.05) is 4.31 Å². The minimum absolute atomic E-state index is 0.0817. The van der Waals surface area contributed by atoms with Gasteiger partial charge in [-0.05, 0) is 49.9 Å². The van der Waals surface area contributed by atoms with E-state index in [-0.39, 0.29) is 41.6 Å². The van der Waals surface area contributed by atoms with Gasteiger partial charge in [-0.25, -0.2) is 8.42 Å². The van der Waals surface area contributed by atoms with Crippen molar-refractivity contribution in [1.29, 1.82) is 0 Å². The van der Waals surface area contributed by atoms with Gasteiger partial charge in [0.05, 0.1) is 10.6 Å². The quantitative estimate of drug-likeness (QED) is 0.678. The second-order valence-corrected chi connectivity index (χ2v) is 10.4. The van der Waals surface area contributed by atoms with E-state index in [0.29, 0.717) is 5.69 Å². The van der Waals surface area contributed by atoms with Crippen LogP contribution in [0.3, 0.4) is 0 Å². The SMILES string of the molecule is O=C1CCC(=O)N1c1ccc(S(=O)(=O)N(C2CCCCC2)C2CCCCC2)cc1. The van der Waals surface area contributed by atoms with Gasteiger partial charge < -0.3 is 0 Å². The number of imide groups is 1. The van der Waals surface area contributed by atoms with Crippen molar-refractivity contribution < 1.29 is 18.0 Å². The number of anilines is 1. The molecule has 0 bridgehead atoms. The molecule has 2 aliphatic carbocycles. The molecule has 6 nitrogen and oxygen atoms in total. The fourth-order valence-corrected chi connectivity index (χ4v) is 7.05. The first-order chi connectivity index (χ1) is 14.0. The normalized spacial score (nSPS) is 22.6. The highest BCUT2D eigenvalue weighted by Crippen LogP contribution is 2.35. The lowest BCUT2D eigenvalue weighted by atomic mass is 9.91. The minimum atomic E-state index is -3.62. The Balaban J connectivity index is 1.63. The number of sulfonamides is 1. The molecule has 3 fully saturated rings. The fourth-order valence-electron chi connectivity index (χ4n) is 5.12. The molecule has 2 saturated carbocycles. The maximum absolute atomic E-state index is 13.7. The Morgan fingerprint density at radius 2 is 1.17 bits per heavy atom. The first kappa shape index (κ1) is 20.5. The summed E-state index contributed by atoms with van der Waals surface area (Å²) in [6.45, 7) is 0. The third-order valence-electron chi connectivity index (χ3n) is 6.59. The van der Waals surface area contributed by atoms with E-state index < -0.39 is 10.0 Å². The van der Waals surface area contributed by atoms with Crippen molar-refractivity contribution in [2.45, 2.75) is 94.0 Å². The molecule has 4 rings (SSSR count). The second kappa shape index (κ2) is 8.56. The molecule has 0 N–H and O–H groups in total. The van der Waals surface area contributed by atoms with Crippen LogP contribution in [-0.2, 0) is 19.6 Å². The van der Waals surface area contributed by atoms with E-state index >= 15 is 0 Å². The number of benzene rings is 1. The molecule has 1 aromatic carbocycles. The van der Waals surface area contributed by atoms with Gasteiger partial charge in [-0.2, -0.15) is 4.31 Å². The van der Waals surface area contributed by atoms with Crippen LogP contribution in [0.1, 0.15) is 77.0 Å². The minimum Gasteiger partial charge on any atom is -0.274 e. The zero-order valence-electron chi connectivity index (χ0n) is 16.9. The fraction of sp³-hybridized carbons (Fsp3) is 0.636. The summed E-state index contributed by atoms with van der Waals surface area (Å²) in [7, 11) is -3.62. The van der Waals surface area contributed by atoms with Gasteiger partial charge in [0.2, 0.25) is 21.8 Å². The van der Waals surface area contributed by atoms with E-state index in [9.17, 15) is 18.0 Å². The predicted molar refractivity (Wildman–Crippen MR) is 111 cm³/mol. The molecule has 0 unspecified atom stereocenters. The molecule has 29 heavy (non-hydrogen) atoms. The summed E-state index contributed by atoms with van der Waals surface area (Å²) in [5, 5.41) is 0. The van der Waals surface area contributed by atoms with E-state index in [0.717, 1.165) is 56.3 Å². The molecule has 1 aromatic rings. The Labute approximate surface area is 173 Å². The van der Waals surface area contributed by atoms with Crippen LogP contribution in [0.25, 0.3) is 0 Å². The van der Waals surface area contributed by atoms with Crippen LogP contribution in [-0.4, -0.2) is 36.6 Å². The highest BCUT2D eigenvalue weighted by molar-refractivity contribution is 7.89. The van der Waals surface area contributed by atoms with Gasteiger partial charge in [-0.3, -0.25) is 14.5 Å². The molecule has 3 aliphatic rings. The van der Waals surface area contributed by atoms with Crippen molar-refractivity contribution in [1.82, 2.24) is 4.31 Å². The van der Waals surface area contributed by atoms with E-state index in [1.54, 1.807) is 24.3 Å². The number of nitrogens with zero attached hydrogens (tertiary/aromatic N) is 2. The summed E-state index contributed by atoms with van der Waals surface area (Å²) < 4.78 is 29.2. The van der Waals surface area contributed by atoms with Crippen molar-refractivity contribution >= 4 is 27.5 Å². The molecular weight excluding hydrogens is 388 g/mol. The van der Waals surface area contributed by atoms with Gasteiger partial charge in [-0.15, -0.1) is 0 Å². The van der Waals surface area contributed by atoms with Crippen molar-refractivity contribution in [3.63, 3.8) is 0 Å². The highest BCUT2D eigenvalue weighted by Gasteiger charge is 2.38. The Kier molecular flexibility index (Phi) is 6.06. The van der Waals surface area contributed by atoms with Gasteiger partial charge in [0.1, 0.15) is 0 Å². The molecule has 1 saturated heterocycles. The number of rotatable bonds is 5. The van der Waals surface area contributed by atoms with Gasteiger partial charge >= 0.3 is 0 Å². The number of carbonyl (C=O) groups excluding carboxylic acids is 2. The molecule has 0 spiro atoms. The van der Waals surface area contributed by atoms with Crippen molar-refractivity contribution in [3.05, 3.63) is 24.3 Å². The Bertz CT molecular complexity index is 819. The Morgan fingerprint density at radius 1 is 0.724 bits per heavy atom. The van der Waals surface area contributed by atoms with Gasteiger partial charge in [0, 0.05) is 24.9 Å². The Morgan fingerprint density at radius 3 is 1.62 bits per heavy atom. The molecule has 0 atom stereocenters. The number of hydrogen-bond donors (Lipinski definition) is 0. The van der Waals surface area contributed by atoms with Crippen LogP contribution in [0.4, 0.5) is 5.69 Å². The van der Waals surface area contributed by atoms with Crippen LogP contribution in [0.5, 0.6) is 0 Å². The first-order valence-electron chi connectivity index (χ1n) is 11.0. The van der Waals surface area contributed by atoms with Crippen LogP contribution < -0.4 is 4.90 Å². The van der Waals surface area contributed by atoms with Crippen molar-refractivity contribution in [2.75, 3.05) is 4.90 Å². The van der Waals surface area contributed by atoms with Gasteiger partial charge in [0.15, 0.2) is 0 Å². The smallest absolute Gasteiger partial charge is 0.243 e. The maximum Gasteiger partial charge on any atom is 0.243 e. The third-order valence-corrected chi connectivity index (χ3v) is 8.61. The summed E-state index contributed by atoms with van der Waals surface area (Å²) in [5.74, 6) is -0.451. The van der Waals surface area contributed by atoms with Crippen molar-refractivity contribution in [2.24, 2.45) is 0 Å². The van der Waals surface area contributed by atoms with Crippen molar-refractivity contribution in [3.8, 4) is 0 Å². The topological polar surface area (TPSA) is 74.8 Å². The standard InChI is InChI=1S/C22H30N2O4S/c25-21-15-16-22(26)23(21)17-11-13-20(14-12-17)29(27,28)24(18-7-3-1-4-8-18)19-9-5-2-6-10-19/h11-14,18-19H,1-10,15-16H2. The predicted octanol–water partition coefficient (Wildman–Crippen LogP) is 4.00. The summed E-state index contributed by atoms with van der Waals surface area (Å²) in [4.78, 5) is 25.4. The number of hydrogen-bond acceptors (Lipinski definition) is 4.